The van der Waals surface area contributed by atoms with Crippen molar-refractivity contribution >= 4 is 17.2 Å². The second-order valence-corrected chi connectivity index (χ2v) is 8.31. The van der Waals surface area contributed by atoms with Crippen molar-refractivity contribution < 1.29 is 9.90 Å². The van der Waals surface area contributed by atoms with Crippen LogP contribution >= 0.6 is 11.3 Å². The molecular formula is C20H25N3O2S. The Morgan fingerprint density at radius 3 is 2.65 bits per heavy atom. The smallest absolute Gasteiger partial charge is 0.272 e. The third kappa shape index (κ3) is 3.82. The van der Waals surface area contributed by atoms with Crippen molar-refractivity contribution in [3.05, 3.63) is 52.5 Å². The summed E-state index contributed by atoms with van der Waals surface area (Å²) in [6.07, 6.45) is 5.20. The molecule has 2 fully saturated rings. The van der Waals surface area contributed by atoms with Crippen LogP contribution in [0.15, 0.2) is 41.9 Å². The van der Waals surface area contributed by atoms with Crippen molar-refractivity contribution in [1.82, 2.24) is 15.2 Å². The minimum atomic E-state index is -0.137. The molecule has 0 spiro atoms. The van der Waals surface area contributed by atoms with Crippen LogP contribution in [0.3, 0.4) is 0 Å². The minimum Gasteiger partial charge on any atom is -0.393 e. The first-order valence-corrected chi connectivity index (χ1v) is 10.3. The van der Waals surface area contributed by atoms with E-state index in [0.717, 1.165) is 38.8 Å². The summed E-state index contributed by atoms with van der Waals surface area (Å²) >= 11 is 1.78. The van der Waals surface area contributed by atoms with Gasteiger partial charge in [0.25, 0.3) is 5.91 Å². The largest absolute Gasteiger partial charge is 0.393 e. The van der Waals surface area contributed by atoms with E-state index in [1.54, 1.807) is 23.6 Å². The van der Waals surface area contributed by atoms with E-state index in [9.17, 15) is 9.90 Å². The number of amides is 1. The molecule has 0 radical (unpaired) electrons. The van der Waals surface area contributed by atoms with Crippen LogP contribution in [0.1, 0.15) is 47.1 Å². The first kappa shape index (κ1) is 17.6. The lowest BCUT2D eigenvalue weighted by Crippen LogP contribution is -2.48. The van der Waals surface area contributed by atoms with Crippen LogP contribution in [0, 0.1) is 5.92 Å². The zero-order chi connectivity index (χ0) is 17.9. The Balaban J connectivity index is 1.34. The number of rotatable bonds is 5. The molecule has 1 aliphatic heterocycles. The highest BCUT2D eigenvalue weighted by Gasteiger charge is 2.37. The summed E-state index contributed by atoms with van der Waals surface area (Å²) in [5.74, 6) is 0.540. The molecule has 6 heteroatoms. The highest BCUT2D eigenvalue weighted by Crippen LogP contribution is 2.40. The number of nitrogens with one attached hydrogen (secondary N) is 1. The van der Waals surface area contributed by atoms with E-state index in [1.165, 1.54) is 4.88 Å². The van der Waals surface area contributed by atoms with E-state index in [4.69, 9.17) is 0 Å². The fraction of sp³-hybridized carbons (Fsp3) is 0.500. The zero-order valence-corrected chi connectivity index (χ0v) is 15.6. The summed E-state index contributed by atoms with van der Waals surface area (Å²) in [6, 6.07) is 10.5. The Labute approximate surface area is 158 Å². The van der Waals surface area contributed by atoms with E-state index in [2.05, 4.69) is 27.8 Å². The minimum absolute atomic E-state index is 0.0287. The van der Waals surface area contributed by atoms with Crippen molar-refractivity contribution in [1.29, 1.82) is 0 Å². The molecule has 26 heavy (non-hydrogen) atoms. The second-order valence-electron chi connectivity index (χ2n) is 7.33. The number of thiophene rings is 1. The van der Waals surface area contributed by atoms with Gasteiger partial charge in [-0.05, 0) is 55.2 Å². The number of aromatic nitrogens is 1. The average Bonchev–Trinajstić information content (AvgIpc) is 3.19. The van der Waals surface area contributed by atoms with Crippen molar-refractivity contribution in [2.24, 2.45) is 5.92 Å². The number of pyridine rings is 1. The molecule has 2 aromatic heterocycles. The van der Waals surface area contributed by atoms with Gasteiger partial charge < -0.3 is 15.3 Å². The topological polar surface area (TPSA) is 65.5 Å². The number of carbonyl (C=O) groups is 1. The predicted octanol–water partition coefficient (Wildman–Crippen LogP) is 2.85. The van der Waals surface area contributed by atoms with E-state index >= 15 is 0 Å². The van der Waals surface area contributed by atoms with Crippen molar-refractivity contribution in [2.45, 2.75) is 43.9 Å². The SMILES string of the molecule is O=C(c1ccccn1)N1CCC(N[C@@H](c2cccs2)C2CC(O)C2)CC1. The van der Waals surface area contributed by atoms with Gasteiger partial charge in [-0.15, -0.1) is 11.3 Å². The lowest BCUT2D eigenvalue weighted by atomic mass is 9.76. The number of carbonyl (C=O) groups excluding carboxylic acids is 1. The van der Waals surface area contributed by atoms with Crippen molar-refractivity contribution in [2.75, 3.05) is 13.1 Å². The Hall–Kier alpha value is -1.76. The van der Waals surface area contributed by atoms with Gasteiger partial charge in [0, 0.05) is 36.2 Å². The van der Waals surface area contributed by atoms with Gasteiger partial charge in [-0.1, -0.05) is 12.1 Å². The van der Waals surface area contributed by atoms with Gasteiger partial charge in [-0.3, -0.25) is 9.78 Å². The number of piperidine rings is 1. The summed E-state index contributed by atoms with van der Waals surface area (Å²) in [6.45, 7) is 1.52. The molecule has 1 aliphatic carbocycles. The lowest BCUT2D eigenvalue weighted by Gasteiger charge is -2.41. The number of hydrogen-bond acceptors (Lipinski definition) is 5. The predicted molar refractivity (Wildman–Crippen MR) is 102 cm³/mol. The maximum atomic E-state index is 12.5. The molecule has 1 saturated carbocycles. The molecule has 2 aliphatic rings. The van der Waals surface area contributed by atoms with Gasteiger partial charge in [-0.25, -0.2) is 0 Å². The van der Waals surface area contributed by atoms with Crippen molar-refractivity contribution in [3.63, 3.8) is 0 Å². The Bertz CT molecular complexity index is 708. The van der Waals surface area contributed by atoms with E-state index in [0.29, 0.717) is 23.7 Å². The third-order valence-corrected chi connectivity index (χ3v) is 6.51. The molecule has 2 N–H and O–H groups in total. The van der Waals surface area contributed by atoms with Crippen LogP contribution in [0.2, 0.25) is 0 Å². The lowest BCUT2D eigenvalue weighted by molar-refractivity contribution is 0.0202. The average molecular weight is 372 g/mol. The number of hydrogen-bond donors (Lipinski definition) is 2. The summed E-state index contributed by atoms with van der Waals surface area (Å²) in [7, 11) is 0. The summed E-state index contributed by atoms with van der Waals surface area (Å²) < 4.78 is 0. The standard InChI is InChI=1S/C20H25N3O2S/c24-16-12-14(13-16)19(18-5-3-11-26-18)22-15-6-9-23(10-7-15)20(25)17-4-1-2-8-21-17/h1-5,8,11,14-16,19,22,24H,6-7,9-10,12-13H2/t14?,16?,19-/m1/s1. The fourth-order valence-corrected chi connectivity index (χ4v) is 4.85. The van der Waals surface area contributed by atoms with Crippen LogP contribution in [0.25, 0.3) is 0 Å². The van der Waals surface area contributed by atoms with Crippen molar-refractivity contribution in [3.8, 4) is 0 Å². The molecule has 138 valence electrons. The van der Waals surface area contributed by atoms with Gasteiger partial charge >= 0.3 is 0 Å². The third-order valence-electron chi connectivity index (χ3n) is 5.55. The Morgan fingerprint density at radius 2 is 2.04 bits per heavy atom. The molecule has 5 nitrogen and oxygen atoms in total. The zero-order valence-electron chi connectivity index (χ0n) is 14.8. The monoisotopic (exact) mass is 371 g/mol. The maximum Gasteiger partial charge on any atom is 0.272 e. The molecule has 1 saturated heterocycles. The van der Waals surface area contributed by atoms with Crippen LogP contribution in [-0.4, -0.2) is 46.1 Å². The molecular weight excluding hydrogens is 346 g/mol. The summed E-state index contributed by atoms with van der Waals surface area (Å²) in [5, 5.41) is 15.6. The molecule has 2 aromatic rings. The second kappa shape index (κ2) is 7.86. The Kier molecular flexibility index (Phi) is 5.33. The molecule has 3 heterocycles. The normalized spacial score (nSPS) is 24.9. The molecule has 0 unspecified atom stereocenters. The fourth-order valence-electron chi connectivity index (χ4n) is 3.98. The number of nitrogens with zero attached hydrogens (tertiary/aromatic N) is 2. The van der Waals surface area contributed by atoms with Gasteiger partial charge in [0.15, 0.2) is 0 Å². The maximum absolute atomic E-state index is 12.5. The highest BCUT2D eigenvalue weighted by atomic mass is 32.1. The first-order chi connectivity index (χ1) is 12.7. The number of aliphatic hydroxyl groups is 1. The van der Waals surface area contributed by atoms with Gasteiger partial charge in [0.1, 0.15) is 5.69 Å². The first-order valence-electron chi connectivity index (χ1n) is 9.38. The Morgan fingerprint density at radius 1 is 1.23 bits per heavy atom. The molecule has 0 bridgehead atoms. The summed E-state index contributed by atoms with van der Waals surface area (Å²) in [4.78, 5) is 20.0. The van der Waals surface area contributed by atoms with E-state index in [-0.39, 0.29) is 12.0 Å². The van der Waals surface area contributed by atoms with Crippen LogP contribution in [0.5, 0.6) is 0 Å². The van der Waals surface area contributed by atoms with Crippen LogP contribution in [-0.2, 0) is 0 Å². The van der Waals surface area contributed by atoms with Crippen LogP contribution in [0.4, 0.5) is 0 Å². The molecule has 4 rings (SSSR count). The van der Waals surface area contributed by atoms with Gasteiger partial charge in [0.05, 0.1) is 6.10 Å². The molecule has 0 aromatic carbocycles. The van der Waals surface area contributed by atoms with Crippen LogP contribution < -0.4 is 5.32 Å². The quantitative estimate of drug-likeness (QED) is 0.848. The molecule has 1 amide bonds. The highest BCUT2D eigenvalue weighted by molar-refractivity contribution is 7.10. The van der Waals surface area contributed by atoms with Gasteiger partial charge in [-0.2, -0.15) is 0 Å². The van der Waals surface area contributed by atoms with E-state index < -0.39 is 0 Å². The number of aliphatic hydroxyl groups excluding tert-OH is 1. The van der Waals surface area contributed by atoms with E-state index in [1.807, 2.05) is 17.0 Å². The summed E-state index contributed by atoms with van der Waals surface area (Å²) in [5.41, 5.74) is 0.527. The number of likely N-dealkylation sites (tertiary alicyclic amines) is 1. The van der Waals surface area contributed by atoms with Gasteiger partial charge in [0.2, 0.25) is 0 Å². The molecule has 1 atom stereocenters.